The van der Waals surface area contributed by atoms with E-state index in [0.717, 1.165) is 11.1 Å². The first-order chi connectivity index (χ1) is 11.9. The second kappa shape index (κ2) is 6.29. The van der Waals surface area contributed by atoms with Crippen LogP contribution in [0.3, 0.4) is 0 Å². The van der Waals surface area contributed by atoms with E-state index in [0.29, 0.717) is 23.3 Å². The van der Waals surface area contributed by atoms with Gasteiger partial charge in [0.2, 0.25) is 0 Å². The minimum absolute atomic E-state index is 0.518. The number of nitrogens with zero attached hydrogens (tertiary/aromatic N) is 6. The molecular formula is C18H12N6. The fourth-order valence-electron chi connectivity index (χ4n) is 2.30. The van der Waals surface area contributed by atoms with Crippen molar-refractivity contribution in [3.05, 3.63) is 84.2 Å². The Kier molecular flexibility index (Phi) is 3.69. The van der Waals surface area contributed by atoms with Crippen LogP contribution >= 0.6 is 0 Å². The highest BCUT2D eigenvalue weighted by Crippen LogP contribution is 2.22. The van der Waals surface area contributed by atoms with Crippen LogP contribution in [0.4, 0.5) is 11.6 Å². The van der Waals surface area contributed by atoms with Gasteiger partial charge in [0.25, 0.3) is 0 Å². The summed E-state index contributed by atoms with van der Waals surface area (Å²) in [6.07, 6.45) is 3.39. The SMILES string of the molecule is c1ccc(/N=C2N=N/C(=N\c3ccccn3)c3ccccc3\2)nc1. The van der Waals surface area contributed by atoms with Crippen LogP contribution in [0.15, 0.2) is 93.3 Å². The molecule has 6 heteroatoms. The van der Waals surface area contributed by atoms with Gasteiger partial charge in [-0.2, -0.15) is 0 Å². The second-order valence-electron chi connectivity index (χ2n) is 4.99. The van der Waals surface area contributed by atoms with Crippen LogP contribution in [-0.4, -0.2) is 21.6 Å². The molecule has 114 valence electrons. The molecule has 1 aliphatic rings. The lowest BCUT2D eigenvalue weighted by Crippen LogP contribution is -2.12. The van der Waals surface area contributed by atoms with Crippen LogP contribution in [0.1, 0.15) is 11.1 Å². The predicted molar refractivity (Wildman–Crippen MR) is 92.2 cm³/mol. The van der Waals surface area contributed by atoms with E-state index in [1.54, 1.807) is 12.4 Å². The lowest BCUT2D eigenvalue weighted by molar-refractivity contribution is 1.20. The summed E-state index contributed by atoms with van der Waals surface area (Å²) in [7, 11) is 0. The summed E-state index contributed by atoms with van der Waals surface area (Å²) >= 11 is 0. The minimum Gasteiger partial charge on any atom is -0.237 e. The third kappa shape index (κ3) is 2.85. The van der Waals surface area contributed by atoms with Crippen molar-refractivity contribution >= 4 is 23.3 Å². The molecule has 3 heterocycles. The Bertz CT molecular complexity index is 867. The van der Waals surface area contributed by atoms with Crippen LogP contribution in [-0.2, 0) is 0 Å². The fraction of sp³-hybridized carbons (Fsp3) is 0. The fourth-order valence-corrected chi connectivity index (χ4v) is 2.30. The Hall–Kier alpha value is -3.54. The zero-order valence-electron chi connectivity index (χ0n) is 12.6. The normalized spacial score (nSPS) is 16.3. The molecule has 2 aromatic heterocycles. The van der Waals surface area contributed by atoms with Crippen molar-refractivity contribution in [3.63, 3.8) is 0 Å². The average molecular weight is 312 g/mol. The smallest absolute Gasteiger partial charge is 0.184 e. The number of aliphatic imine (C=N–C) groups is 2. The van der Waals surface area contributed by atoms with Crippen LogP contribution in [0.2, 0.25) is 0 Å². The molecule has 4 rings (SSSR count). The predicted octanol–water partition coefficient (Wildman–Crippen LogP) is 4.10. The number of benzene rings is 1. The van der Waals surface area contributed by atoms with E-state index >= 15 is 0 Å². The molecule has 0 bridgehead atoms. The molecular weight excluding hydrogens is 300 g/mol. The number of pyridine rings is 2. The lowest BCUT2D eigenvalue weighted by Gasteiger charge is -2.12. The maximum absolute atomic E-state index is 4.48. The van der Waals surface area contributed by atoms with Gasteiger partial charge in [0, 0.05) is 23.5 Å². The van der Waals surface area contributed by atoms with E-state index < -0.39 is 0 Å². The number of amidine groups is 2. The Balaban J connectivity index is 1.80. The molecule has 24 heavy (non-hydrogen) atoms. The summed E-state index contributed by atoms with van der Waals surface area (Å²) in [6.45, 7) is 0. The third-order valence-electron chi connectivity index (χ3n) is 3.39. The second-order valence-corrected chi connectivity index (χ2v) is 4.99. The van der Waals surface area contributed by atoms with Gasteiger partial charge < -0.3 is 0 Å². The van der Waals surface area contributed by atoms with Crippen LogP contribution in [0.25, 0.3) is 0 Å². The van der Waals surface area contributed by atoms with Crippen molar-refractivity contribution in [3.8, 4) is 0 Å². The summed E-state index contributed by atoms with van der Waals surface area (Å²) in [6, 6.07) is 18.9. The van der Waals surface area contributed by atoms with Crippen molar-refractivity contribution in [2.45, 2.75) is 0 Å². The van der Waals surface area contributed by atoms with E-state index in [4.69, 9.17) is 0 Å². The largest absolute Gasteiger partial charge is 0.237 e. The number of hydrogen-bond donors (Lipinski definition) is 0. The molecule has 0 spiro atoms. The van der Waals surface area contributed by atoms with Crippen molar-refractivity contribution in [1.82, 2.24) is 9.97 Å². The topological polar surface area (TPSA) is 75.2 Å². The molecule has 0 amide bonds. The highest BCUT2D eigenvalue weighted by Gasteiger charge is 2.19. The van der Waals surface area contributed by atoms with Crippen molar-refractivity contribution < 1.29 is 0 Å². The molecule has 1 aromatic carbocycles. The lowest BCUT2D eigenvalue weighted by atomic mass is 10.0. The van der Waals surface area contributed by atoms with Crippen LogP contribution in [0, 0.1) is 0 Å². The van der Waals surface area contributed by atoms with E-state index in [1.165, 1.54) is 0 Å². The molecule has 0 unspecified atom stereocenters. The van der Waals surface area contributed by atoms with Gasteiger partial charge in [0.05, 0.1) is 0 Å². The molecule has 0 N–H and O–H groups in total. The van der Waals surface area contributed by atoms with Crippen molar-refractivity contribution in [1.29, 1.82) is 0 Å². The number of aromatic nitrogens is 2. The molecule has 0 atom stereocenters. The summed E-state index contributed by atoms with van der Waals surface area (Å²) in [5, 5.41) is 8.44. The average Bonchev–Trinajstić information content (AvgIpc) is 2.65. The minimum atomic E-state index is 0.518. The quantitative estimate of drug-likeness (QED) is 0.714. The van der Waals surface area contributed by atoms with Gasteiger partial charge in [-0.05, 0) is 24.3 Å². The molecule has 1 aliphatic heterocycles. The highest BCUT2D eigenvalue weighted by atomic mass is 15.2. The number of fused-ring (bicyclic) bond motifs is 1. The molecule has 0 radical (unpaired) electrons. The summed E-state index contributed by atoms with van der Waals surface area (Å²) < 4.78 is 0. The first-order valence-corrected chi connectivity index (χ1v) is 7.41. The van der Waals surface area contributed by atoms with Crippen LogP contribution in [0.5, 0.6) is 0 Å². The zero-order chi connectivity index (χ0) is 16.2. The standard InChI is InChI=1S/C18H12N6/c1-2-8-14-13(7-1)17(21-15-9-3-5-11-19-15)23-24-18(14)22-16-10-4-6-12-20-16/h1-12H/b21-17-,22-18-. The number of hydrogen-bond acceptors (Lipinski definition) is 4. The van der Waals surface area contributed by atoms with Gasteiger partial charge in [-0.25, -0.2) is 20.0 Å². The highest BCUT2D eigenvalue weighted by molar-refractivity contribution is 6.15. The van der Waals surface area contributed by atoms with Crippen molar-refractivity contribution in [2.75, 3.05) is 0 Å². The summed E-state index contributed by atoms with van der Waals surface area (Å²) in [5.74, 6) is 2.21. The molecule has 6 nitrogen and oxygen atoms in total. The van der Waals surface area contributed by atoms with E-state index in [2.05, 4.69) is 30.2 Å². The first-order valence-electron chi connectivity index (χ1n) is 7.41. The monoisotopic (exact) mass is 312 g/mol. The van der Waals surface area contributed by atoms with E-state index in [9.17, 15) is 0 Å². The molecule has 0 aliphatic carbocycles. The Morgan fingerprint density at radius 3 is 1.42 bits per heavy atom. The number of azo groups is 1. The molecule has 0 saturated heterocycles. The molecule has 0 saturated carbocycles. The van der Waals surface area contributed by atoms with E-state index in [-0.39, 0.29) is 0 Å². The van der Waals surface area contributed by atoms with Gasteiger partial charge >= 0.3 is 0 Å². The Morgan fingerprint density at radius 2 is 1.00 bits per heavy atom. The van der Waals surface area contributed by atoms with Gasteiger partial charge in [0.1, 0.15) is 0 Å². The Morgan fingerprint density at radius 1 is 0.542 bits per heavy atom. The maximum atomic E-state index is 4.48. The van der Waals surface area contributed by atoms with Gasteiger partial charge in [-0.3, -0.25) is 0 Å². The summed E-state index contributed by atoms with van der Waals surface area (Å²) in [4.78, 5) is 17.4. The van der Waals surface area contributed by atoms with Crippen LogP contribution < -0.4 is 0 Å². The molecule has 3 aromatic rings. The van der Waals surface area contributed by atoms with Gasteiger partial charge in [-0.1, -0.05) is 36.4 Å². The van der Waals surface area contributed by atoms with E-state index in [1.807, 2.05) is 60.7 Å². The molecule has 0 fully saturated rings. The first kappa shape index (κ1) is 14.1. The van der Waals surface area contributed by atoms with Gasteiger partial charge in [-0.15, -0.1) is 10.2 Å². The maximum Gasteiger partial charge on any atom is 0.184 e. The third-order valence-corrected chi connectivity index (χ3v) is 3.39. The Labute approximate surface area is 138 Å². The summed E-state index contributed by atoms with van der Waals surface area (Å²) in [5.41, 5.74) is 1.74. The zero-order valence-corrected chi connectivity index (χ0v) is 12.6. The van der Waals surface area contributed by atoms with Gasteiger partial charge in [0.15, 0.2) is 23.3 Å². The van der Waals surface area contributed by atoms with Crippen molar-refractivity contribution in [2.24, 2.45) is 20.2 Å². The number of rotatable bonds is 2.